The van der Waals surface area contributed by atoms with E-state index < -0.39 is 17.8 Å². The van der Waals surface area contributed by atoms with Crippen LogP contribution >= 0.6 is 0 Å². The number of rotatable bonds is 5. The van der Waals surface area contributed by atoms with Gasteiger partial charge in [-0.3, -0.25) is 19.4 Å². The number of hydrogen-bond donors (Lipinski definition) is 0. The summed E-state index contributed by atoms with van der Waals surface area (Å²) >= 11 is 0. The van der Waals surface area contributed by atoms with Crippen LogP contribution in [0, 0.1) is 11.7 Å². The molecule has 134 valence electrons. The summed E-state index contributed by atoms with van der Waals surface area (Å²) in [5.74, 6) is -1.29. The van der Waals surface area contributed by atoms with Gasteiger partial charge in [-0.2, -0.15) is 0 Å². The van der Waals surface area contributed by atoms with E-state index in [9.17, 15) is 18.8 Å². The molecule has 0 spiro atoms. The van der Waals surface area contributed by atoms with Gasteiger partial charge in [0.2, 0.25) is 0 Å². The molecule has 0 radical (unpaired) electrons. The standard InChI is InChI=1S/C18H21FN2O4/c1-12-4-2-3-5-15(12)21-17(23)16(22)20(18(21)24)10-11-25-14-8-6-13(19)7-9-14/h6-9,12,15H,2-5,10-11H2,1H3/t12-,15+/m0/s1. The van der Waals surface area contributed by atoms with Gasteiger partial charge in [0, 0.05) is 6.04 Å². The lowest BCUT2D eigenvalue weighted by Gasteiger charge is -2.34. The van der Waals surface area contributed by atoms with Gasteiger partial charge in [0.1, 0.15) is 18.2 Å². The van der Waals surface area contributed by atoms with Crippen LogP contribution in [0.4, 0.5) is 9.18 Å². The van der Waals surface area contributed by atoms with Crippen LogP contribution in [-0.2, 0) is 9.59 Å². The van der Waals surface area contributed by atoms with E-state index in [0.29, 0.717) is 5.75 Å². The van der Waals surface area contributed by atoms with E-state index in [1.165, 1.54) is 24.3 Å². The van der Waals surface area contributed by atoms with E-state index in [4.69, 9.17) is 4.74 Å². The summed E-state index contributed by atoms with van der Waals surface area (Å²) in [4.78, 5) is 39.1. The molecule has 1 aliphatic carbocycles. The highest BCUT2D eigenvalue weighted by atomic mass is 19.1. The van der Waals surface area contributed by atoms with Gasteiger partial charge in [-0.05, 0) is 43.0 Å². The van der Waals surface area contributed by atoms with Crippen LogP contribution in [0.3, 0.4) is 0 Å². The Balaban J connectivity index is 1.62. The lowest BCUT2D eigenvalue weighted by Crippen LogP contribution is -2.46. The second-order valence-corrected chi connectivity index (χ2v) is 6.55. The van der Waals surface area contributed by atoms with Crippen molar-refractivity contribution in [2.75, 3.05) is 13.2 Å². The lowest BCUT2D eigenvalue weighted by atomic mass is 9.85. The number of halogens is 1. The van der Waals surface area contributed by atoms with Crippen LogP contribution in [0.15, 0.2) is 24.3 Å². The van der Waals surface area contributed by atoms with Gasteiger partial charge >= 0.3 is 17.8 Å². The summed E-state index contributed by atoms with van der Waals surface area (Å²) in [5, 5.41) is 0. The first-order chi connectivity index (χ1) is 12.0. The van der Waals surface area contributed by atoms with Crippen molar-refractivity contribution < 1.29 is 23.5 Å². The zero-order valence-corrected chi connectivity index (χ0v) is 14.1. The number of nitrogens with zero attached hydrogens (tertiary/aromatic N) is 2. The number of imide groups is 2. The summed E-state index contributed by atoms with van der Waals surface area (Å²) in [6, 6.07) is 4.68. The molecule has 4 amide bonds. The average Bonchev–Trinajstić information content (AvgIpc) is 2.81. The van der Waals surface area contributed by atoms with Crippen LogP contribution < -0.4 is 4.74 Å². The van der Waals surface area contributed by atoms with Crippen LogP contribution in [0.2, 0.25) is 0 Å². The lowest BCUT2D eigenvalue weighted by molar-refractivity contribution is -0.144. The topological polar surface area (TPSA) is 66.9 Å². The molecule has 0 aromatic heterocycles. The van der Waals surface area contributed by atoms with Crippen molar-refractivity contribution >= 4 is 17.8 Å². The van der Waals surface area contributed by atoms with E-state index in [2.05, 4.69) is 0 Å². The Morgan fingerprint density at radius 1 is 1.08 bits per heavy atom. The Morgan fingerprint density at radius 2 is 1.76 bits per heavy atom. The predicted octanol–water partition coefficient (Wildman–Crippen LogP) is 2.57. The maximum absolute atomic E-state index is 12.9. The number of amides is 4. The SMILES string of the molecule is C[C@H]1CCCC[C@H]1N1C(=O)C(=O)N(CCOc2ccc(F)cc2)C1=O. The molecule has 25 heavy (non-hydrogen) atoms. The Labute approximate surface area is 145 Å². The molecule has 2 aliphatic rings. The monoisotopic (exact) mass is 348 g/mol. The average molecular weight is 348 g/mol. The van der Waals surface area contributed by atoms with E-state index in [1.54, 1.807) is 0 Å². The molecule has 0 unspecified atom stereocenters. The van der Waals surface area contributed by atoms with Crippen LogP contribution in [-0.4, -0.2) is 46.8 Å². The van der Waals surface area contributed by atoms with Gasteiger partial charge in [0.05, 0.1) is 6.54 Å². The summed E-state index contributed by atoms with van der Waals surface area (Å²) < 4.78 is 18.3. The Hall–Kier alpha value is -2.44. The van der Waals surface area contributed by atoms with Crippen molar-refractivity contribution in [3.63, 3.8) is 0 Å². The van der Waals surface area contributed by atoms with Crippen molar-refractivity contribution in [3.8, 4) is 5.75 Å². The van der Waals surface area contributed by atoms with Gasteiger partial charge in [0.15, 0.2) is 0 Å². The number of carbonyl (C=O) groups excluding carboxylic acids is 3. The molecule has 1 aliphatic heterocycles. The maximum Gasteiger partial charge on any atom is 0.334 e. The third-order valence-electron chi connectivity index (χ3n) is 4.88. The highest BCUT2D eigenvalue weighted by molar-refractivity contribution is 6.44. The van der Waals surface area contributed by atoms with Gasteiger partial charge in [-0.15, -0.1) is 0 Å². The molecule has 7 heteroatoms. The molecule has 1 heterocycles. The quantitative estimate of drug-likeness (QED) is 0.606. The fourth-order valence-corrected chi connectivity index (χ4v) is 3.48. The van der Waals surface area contributed by atoms with Crippen LogP contribution in [0.1, 0.15) is 32.6 Å². The van der Waals surface area contributed by atoms with Gasteiger partial charge in [-0.1, -0.05) is 19.8 Å². The molecule has 2 fully saturated rings. The van der Waals surface area contributed by atoms with E-state index in [1.807, 2.05) is 6.92 Å². The molecule has 1 saturated heterocycles. The molecule has 1 aromatic carbocycles. The van der Waals surface area contributed by atoms with E-state index in [-0.39, 0.29) is 30.9 Å². The van der Waals surface area contributed by atoms with Crippen molar-refractivity contribution in [2.45, 2.75) is 38.6 Å². The van der Waals surface area contributed by atoms with Crippen molar-refractivity contribution in [1.82, 2.24) is 9.80 Å². The van der Waals surface area contributed by atoms with Crippen molar-refractivity contribution in [2.24, 2.45) is 5.92 Å². The third-order valence-corrected chi connectivity index (χ3v) is 4.88. The molecule has 3 rings (SSSR count). The number of urea groups is 1. The molecule has 1 saturated carbocycles. The first kappa shape index (κ1) is 17.4. The second-order valence-electron chi connectivity index (χ2n) is 6.55. The van der Waals surface area contributed by atoms with Gasteiger partial charge in [-0.25, -0.2) is 9.18 Å². The molecule has 6 nitrogen and oxygen atoms in total. The first-order valence-electron chi connectivity index (χ1n) is 8.56. The highest BCUT2D eigenvalue weighted by Crippen LogP contribution is 2.31. The molecule has 1 aromatic rings. The van der Waals surface area contributed by atoms with Crippen molar-refractivity contribution in [3.05, 3.63) is 30.1 Å². The fourth-order valence-electron chi connectivity index (χ4n) is 3.48. The Bertz CT molecular complexity index is 676. The zero-order valence-electron chi connectivity index (χ0n) is 14.1. The van der Waals surface area contributed by atoms with Gasteiger partial charge < -0.3 is 4.74 Å². The summed E-state index contributed by atoms with van der Waals surface area (Å²) in [6.45, 7) is 2.04. The molecule has 0 N–H and O–H groups in total. The van der Waals surface area contributed by atoms with Crippen LogP contribution in [0.5, 0.6) is 5.75 Å². The predicted molar refractivity (Wildman–Crippen MR) is 87.3 cm³/mol. The Kier molecular flexibility index (Phi) is 5.01. The van der Waals surface area contributed by atoms with Gasteiger partial charge in [0.25, 0.3) is 0 Å². The second kappa shape index (κ2) is 7.21. The smallest absolute Gasteiger partial charge is 0.334 e. The summed E-state index contributed by atoms with van der Waals surface area (Å²) in [7, 11) is 0. The molecular formula is C18H21FN2O4. The van der Waals surface area contributed by atoms with Crippen LogP contribution in [0.25, 0.3) is 0 Å². The Morgan fingerprint density at radius 3 is 2.44 bits per heavy atom. The minimum atomic E-state index is -0.800. The molecular weight excluding hydrogens is 327 g/mol. The largest absolute Gasteiger partial charge is 0.492 e. The van der Waals surface area contributed by atoms with E-state index in [0.717, 1.165) is 35.5 Å². The number of hydrogen-bond acceptors (Lipinski definition) is 4. The summed E-state index contributed by atoms with van der Waals surface area (Å²) in [5.41, 5.74) is 0. The number of benzene rings is 1. The normalized spacial score (nSPS) is 24.2. The fraction of sp³-hybridized carbons (Fsp3) is 0.500. The minimum absolute atomic E-state index is 0.0155. The minimum Gasteiger partial charge on any atom is -0.492 e. The molecule has 2 atom stereocenters. The summed E-state index contributed by atoms with van der Waals surface area (Å²) in [6.07, 6.45) is 3.72. The maximum atomic E-state index is 12.9. The van der Waals surface area contributed by atoms with E-state index >= 15 is 0 Å². The first-order valence-corrected chi connectivity index (χ1v) is 8.56. The highest BCUT2D eigenvalue weighted by Gasteiger charge is 2.48. The van der Waals surface area contributed by atoms with Crippen molar-refractivity contribution in [1.29, 1.82) is 0 Å². The number of ether oxygens (including phenoxy) is 1. The molecule has 0 bridgehead atoms. The third kappa shape index (κ3) is 3.50. The number of carbonyl (C=O) groups is 3. The zero-order chi connectivity index (χ0) is 18.0.